The van der Waals surface area contributed by atoms with Crippen molar-refractivity contribution in [2.24, 2.45) is 7.05 Å². The summed E-state index contributed by atoms with van der Waals surface area (Å²) in [6, 6.07) is 24.5. The molecular weight excluding hydrogens is 800 g/mol. The SMILES string of the molecule is CCC(=O)N[C@H]1C[C@@H](n2cnc3c(NCC(c4ccccc4)c4ccccc4)nc(N4CC[C@@H](NC(=O)c5ccc6c(c5)nnn6C)C4)nc32)[C@H](O)[C@@H]1O.O=C(O)C(F)(F)F. The van der Waals surface area contributed by atoms with Crippen molar-refractivity contribution in [2.45, 2.75) is 68.6 Å². The highest BCUT2D eigenvalue weighted by Gasteiger charge is 2.44. The first-order valence-electron chi connectivity index (χ1n) is 19.6. The van der Waals surface area contributed by atoms with Crippen molar-refractivity contribution in [1.82, 2.24) is 45.1 Å². The summed E-state index contributed by atoms with van der Waals surface area (Å²) in [5.74, 6) is -2.17. The molecule has 0 radical (unpaired) electrons. The maximum Gasteiger partial charge on any atom is 0.490 e. The van der Waals surface area contributed by atoms with E-state index < -0.39 is 36.4 Å². The number of nitrogens with zero attached hydrogens (tertiary/aromatic N) is 8. The molecule has 1 aliphatic heterocycles. The standard InChI is InChI=1S/C39H43N11O4.C2HF3O2/c1-3-32(51)43-29-19-31(35(53)34(29)52)50-22-41-33-36(40-20-27(23-10-6-4-7-11-23)24-12-8-5-9-13-24)44-39(45-37(33)50)49-17-16-26(21-49)42-38(54)25-14-15-30-28(18-25)46-47-48(30)2;3-2(4,5)1(6)7/h4-15,18,22,26-27,29,31,34-35,52-53H,3,16-17,19-21H2,1-2H3,(H,42,54)(H,43,51)(H,40,44,45);(H,6,7)/t26-,29+,31-,34-,35+;/m1./s1. The van der Waals surface area contributed by atoms with Gasteiger partial charge in [-0.2, -0.15) is 23.1 Å². The van der Waals surface area contributed by atoms with E-state index in [4.69, 9.17) is 24.9 Å². The number of fused-ring (bicyclic) bond motifs is 2. The van der Waals surface area contributed by atoms with Crippen LogP contribution in [0.15, 0.2) is 85.2 Å². The van der Waals surface area contributed by atoms with Crippen molar-refractivity contribution in [2.75, 3.05) is 29.9 Å². The highest BCUT2D eigenvalue weighted by molar-refractivity contribution is 5.97. The Labute approximate surface area is 346 Å². The van der Waals surface area contributed by atoms with Crippen LogP contribution in [0.4, 0.5) is 24.9 Å². The molecule has 0 bridgehead atoms. The molecule has 17 nitrogen and oxygen atoms in total. The third-order valence-corrected chi connectivity index (χ3v) is 10.9. The van der Waals surface area contributed by atoms with Crippen LogP contribution in [-0.2, 0) is 16.6 Å². The van der Waals surface area contributed by atoms with Gasteiger partial charge in [0.1, 0.15) is 17.7 Å². The highest BCUT2D eigenvalue weighted by atomic mass is 19.4. The number of alkyl halides is 3. The van der Waals surface area contributed by atoms with E-state index in [1.807, 2.05) is 54.4 Å². The van der Waals surface area contributed by atoms with Gasteiger partial charge in [0.25, 0.3) is 5.91 Å². The Morgan fingerprint density at radius 3 is 2.25 bits per heavy atom. The number of imidazole rings is 1. The minimum Gasteiger partial charge on any atom is -0.475 e. The minimum atomic E-state index is -5.08. The molecule has 0 spiro atoms. The number of aliphatic hydroxyl groups is 2. The predicted octanol–water partition coefficient (Wildman–Crippen LogP) is 3.56. The molecule has 61 heavy (non-hydrogen) atoms. The van der Waals surface area contributed by atoms with Gasteiger partial charge in [-0.15, -0.1) is 5.10 Å². The lowest BCUT2D eigenvalue weighted by Gasteiger charge is -2.22. The van der Waals surface area contributed by atoms with Gasteiger partial charge in [-0.05, 0) is 42.2 Å². The molecule has 6 N–H and O–H groups in total. The number of aryl methyl sites for hydroxylation is 1. The molecule has 2 amide bonds. The number of benzene rings is 3. The van der Waals surface area contributed by atoms with Gasteiger partial charge in [0.15, 0.2) is 17.0 Å². The molecule has 2 fully saturated rings. The molecule has 1 aliphatic carbocycles. The average Bonchev–Trinajstić information content (AvgIpc) is 4.05. The monoisotopic (exact) mass is 843 g/mol. The van der Waals surface area contributed by atoms with Gasteiger partial charge in [0, 0.05) is 50.6 Å². The van der Waals surface area contributed by atoms with Crippen LogP contribution in [0.3, 0.4) is 0 Å². The van der Waals surface area contributed by atoms with Gasteiger partial charge < -0.3 is 40.7 Å². The van der Waals surface area contributed by atoms with Gasteiger partial charge in [-0.25, -0.2) is 14.5 Å². The Morgan fingerprint density at radius 2 is 1.61 bits per heavy atom. The minimum absolute atomic E-state index is 0.00477. The maximum absolute atomic E-state index is 13.3. The van der Waals surface area contributed by atoms with E-state index in [-0.39, 0.29) is 30.2 Å². The fraction of sp³-hybridized carbons (Fsp3) is 0.366. The number of rotatable bonds is 11. The Morgan fingerprint density at radius 1 is 0.934 bits per heavy atom. The summed E-state index contributed by atoms with van der Waals surface area (Å²) in [5.41, 5.74) is 5.30. The number of carbonyl (C=O) groups is 3. The van der Waals surface area contributed by atoms with Crippen LogP contribution in [0.25, 0.3) is 22.2 Å². The summed E-state index contributed by atoms with van der Waals surface area (Å²) < 4.78 is 35.2. The summed E-state index contributed by atoms with van der Waals surface area (Å²) in [6.45, 7) is 3.33. The molecule has 8 rings (SSSR count). The summed E-state index contributed by atoms with van der Waals surface area (Å²) in [6.07, 6.45) is -4.54. The Bertz CT molecular complexity index is 2460. The predicted molar refractivity (Wildman–Crippen MR) is 217 cm³/mol. The molecule has 1 saturated heterocycles. The topological polar surface area (TPSA) is 226 Å². The third kappa shape index (κ3) is 9.39. The van der Waals surface area contributed by atoms with E-state index in [0.717, 1.165) is 16.6 Å². The molecule has 6 aromatic rings. The molecule has 3 aromatic carbocycles. The van der Waals surface area contributed by atoms with E-state index in [0.29, 0.717) is 66.5 Å². The van der Waals surface area contributed by atoms with Crippen molar-refractivity contribution in [1.29, 1.82) is 0 Å². The van der Waals surface area contributed by atoms with E-state index in [1.54, 1.807) is 34.6 Å². The number of carboxylic acid groups (broad SMARTS) is 1. The molecule has 0 unspecified atom stereocenters. The van der Waals surface area contributed by atoms with Crippen LogP contribution in [0.2, 0.25) is 0 Å². The molecule has 4 heterocycles. The smallest absolute Gasteiger partial charge is 0.475 e. The quantitative estimate of drug-likeness (QED) is 0.110. The van der Waals surface area contributed by atoms with E-state index in [2.05, 4.69) is 50.5 Å². The fourth-order valence-corrected chi connectivity index (χ4v) is 7.66. The maximum atomic E-state index is 13.3. The Balaban J connectivity index is 0.000000739. The van der Waals surface area contributed by atoms with Gasteiger partial charge in [0.05, 0.1) is 23.9 Å². The lowest BCUT2D eigenvalue weighted by molar-refractivity contribution is -0.192. The van der Waals surface area contributed by atoms with Crippen molar-refractivity contribution in [3.8, 4) is 0 Å². The number of aliphatic hydroxyl groups excluding tert-OH is 2. The zero-order valence-corrected chi connectivity index (χ0v) is 33.1. The van der Waals surface area contributed by atoms with Crippen LogP contribution >= 0.6 is 0 Å². The van der Waals surface area contributed by atoms with Crippen molar-refractivity contribution in [3.05, 3.63) is 102 Å². The Hall–Kier alpha value is -6.67. The zero-order valence-electron chi connectivity index (χ0n) is 33.1. The van der Waals surface area contributed by atoms with Crippen molar-refractivity contribution < 1.29 is 42.9 Å². The van der Waals surface area contributed by atoms with E-state index in [9.17, 15) is 33.0 Å². The second-order valence-electron chi connectivity index (χ2n) is 14.9. The Kier molecular flexibility index (Phi) is 12.5. The number of carboxylic acids is 1. The average molecular weight is 844 g/mol. The van der Waals surface area contributed by atoms with Gasteiger partial charge in [-0.3, -0.25) is 9.59 Å². The zero-order chi connectivity index (χ0) is 43.4. The number of carbonyl (C=O) groups excluding carboxylic acids is 2. The van der Waals surface area contributed by atoms with Crippen LogP contribution in [0.1, 0.15) is 59.6 Å². The number of aliphatic carboxylic acids is 1. The molecule has 5 atom stereocenters. The third-order valence-electron chi connectivity index (χ3n) is 10.9. The number of nitrogens with one attached hydrogen (secondary N) is 3. The number of hydrogen-bond donors (Lipinski definition) is 6. The van der Waals surface area contributed by atoms with E-state index >= 15 is 0 Å². The van der Waals surface area contributed by atoms with Crippen LogP contribution in [0, 0.1) is 0 Å². The number of amides is 2. The van der Waals surface area contributed by atoms with Gasteiger partial charge in [0.2, 0.25) is 11.9 Å². The number of hydrogen-bond acceptors (Lipinski definition) is 12. The van der Waals surface area contributed by atoms with Crippen LogP contribution in [0.5, 0.6) is 0 Å². The van der Waals surface area contributed by atoms with Crippen molar-refractivity contribution >= 4 is 51.7 Å². The molecule has 20 heteroatoms. The lowest BCUT2D eigenvalue weighted by Crippen LogP contribution is -2.42. The van der Waals surface area contributed by atoms with Crippen LogP contribution in [-0.4, -0.2) is 118 Å². The molecule has 1 saturated carbocycles. The summed E-state index contributed by atoms with van der Waals surface area (Å²) in [7, 11) is 1.81. The second-order valence-corrected chi connectivity index (χ2v) is 14.9. The summed E-state index contributed by atoms with van der Waals surface area (Å²) >= 11 is 0. The second kappa shape index (κ2) is 17.9. The first kappa shape index (κ1) is 42.5. The summed E-state index contributed by atoms with van der Waals surface area (Å²) in [5, 5.41) is 47.1. The first-order chi connectivity index (χ1) is 29.2. The largest absolute Gasteiger partial charge is 0.490 e. The number of anilines is 2. The van der Waals surface area contributed by atoms with Gasteiger partial charge in [-0.1, -0.05) is 72.8 Å². The normalized spacial score (nSPS) is 20.1. The van der Waals surface area contributed by atoms with Gasteiger partial charge >= 0.3 is 12.1 Å². The molecule has 2 aliphatic rings. The molecule has 3 aromatic heterocycles. The summed E-state index contributed by atoms with van der Waals surface area (Å²) in [4.78, 5) is 51.2. The lowest BCUT2D eigenvalue weighted by atomic mass is 9.91. The highest BCUT2D eigenvalue weighted by Crippen LogP contribution is 2.36. The van der Waals surface area contributed by atoms with Crippen molar-refractivity contribution in [3.63, 3.8) is 0 Å². The number of aromatic nitrogens is 7. The fourth-order valence-electron chi connectivity index (χ4n) is 7.66. The number of halogens is 3. The first-order valence-corrected chi connectivity index (χ1v) is 19.6. The van der Waals surface area contributed by atoms with Crippen LogP contribution < -0.4 is 20.9 Å². The molecular formula is C41H44F3N11O6. The van der Waals surface area contributed by atoms with E-state index in [1.165, 1.54) is 0 Å². The molecule has 320 valence electrons.